The van der Waals surface area contributed by atoms with Crippen molar-refractivity contribution in [3.63, 3.8) is 0 Å². The van der Waals surface area contributed by atoms with Crippen molar-refractivity contribution in [1.82, 2.24) is 0 Å². The van der Waals surface area contributed by atoms with Gasteiger partial charge in [0.25, 0.3) is 0 Å². The van der Waals surface area contributed by atoms with Gasteiger partial charge in [-0.2, -0.15) is 0 Å². The second-order valence-electron chi connectivity index (χ2n) is 1.87. The number of hydrogen-bond donors (Lipinski definition) is 0. The van der Waals surface area contributed by atoms with Crippen molar-refractivity contribution in [1.29, 1.82) is 0 Å². The summed E-state index contributed by atoms with van der Waals surface area (Å²) < 4.78 is 3.37. The maximum atomic E-state index is 3.46. The van der Waals surface area contributed by atoms with Crippen LogP contribution in [0.4, 0.5) is 0 Å². The van der Waals surface area contributed by atoms with Gasteiger partial charge in [0.15, 0.2) is 0 Å². The molecule has 0 fully saturated rings. The molecule has 0 spiro atoms. The van der Waals surface area contributed by atoms with Gasteiger partial charge in [-0.05, 0) is 23.8 Å². The number of alkyl halides is 1. The van der Waals surface area contributed by atoms with E-state index in [1.54, 1.807) is 0 Å². The first kappa shape index (κ1) is 9.00. The zero-order chi connectivity index (χ0) is 7.56. The van der Waals surface area contributed by atoms with Crippen LogP contribution in [0.5, 0.6) is 0 Å². The first-order valence-corrected chi connectivity index (χ1v) is 5.85. The van der Waals surface area contributed by atoms with Crippen molar-refractivity contribution < 1.29 is 0 Å². The lowest BCUT2D eigenvalue weighted by Gasteiger charge is -1.98. The molecule has 10 heavy (non-hydrogen) atoms. The van der Waals surface area contributed by atoms with Gasteiger partial charge >= 0.3 is 0 Å². The van der Waals surface area contributed by atoms with Crippen LogP contribution in [0.15, 0.2) is 27.1 Å². The lowest BCUT2D eigenvalue weighted by molar-refractivity contribution is 1.40. The third-order valence-electron chi connectivity index (χ3n) is 1.15. The molecular weight excluding hydrogens is 371 g/mol. The quantitative estimate of drug-likeness (QED) is 0.511. The van der Waals surface area contributed by atoms with Crippen molar-refractivity contribution >= 4 is 54.5 Å². The van der Waals surface area contributed by atoms with E-state index in [0.29, 0.717) is 0 Å². The van der Waals surface area contributed by atoms with Gasteiger partial charge in [0.1, 0.15) is 0 Å². The maximum Gasteiger partial charge on any atom is 0.0258 e. The van der Waals surface area contributed by atoms with E-state index in [1.807, 2.05) is 6.07 Å². The van der Waals surface area contributed by atoms with Crippen LogP contribution in [0.1, 0.15) is 5.56 Å². The van der Waals surface area contributed by atoms with Crippen molar-refractivity contribution in [2.75, 3.05) is 0 Å². The number of benzene rings is 1. The number of halogens is 3. The SMILES string of the molecule is Brc1ccc(Br)c(CI)c1. The minimum Gasteiger partial charge on any atom is -0.0811 e. The molecule has 0 amide bonds. The topological polar surface area (TPSA) is 0 Å². The molecule has 0 aliphatic heterocycles. The highest BCUT2D eigenvalue weighted by molar-refractivity contribution is 14.1. The molecule has 0 aromatic heterocycles. The van der Waals surface area contributed by atoms with Crippen LogP contribution >= 0.6 is 54.5 Å². The minimum absolute atomic E-state index is 1.04. The standard InChI is InChI=1S/C7H5Br2I/c8-6-1-2-7(9)5(3-6)4-10/h1-3H,4H2. The molecule has 0 saturated heterocycles. The molecule has 3 heteroatoms. The summed E-state index contributed by atoms with van der Waals surface area (Å²) in [6, 6.07) is 6.20. The summed E-state index contributed by atoms with van der Waals surface area (Å²) in [5.74, 6) is 0. The fourth-order valence-corrected chi connectivity index (χ4v) is 2.60. The van der Waals surface area contributed by atoms with Crippen LogP contribution in [0, 0.1) is 0 Å². The van der Waals surface area contributed by atoms with Crippen molar-refractivity contribution in [3.8, 4) is 0 Å². The van der Waals surface area contributed by atoms with Gasteiger partial charge in [-0.25, -0.2) is 0 Å². The van der Waals surface area contributed by atoms with E-state index in [9.17, 15) is 0 Å². The van der Waals surface area contributed by atoms with Gasteiger partial charge in [-0.1, -0.05) is 54.5 Å². The molecule has 0 saturated carbocycles. The van der Waals surface area contributed by atoms with E-state index in [1.165, 1.54) is 10.0 Å². The summed E-state index contributed by atoms with van der Waals surface area (Å²) in [6.07, 6.45) is 0. The molecule has 0 radical (unpaired) electrons. The molecule has 1 aromatic carbocycles. The zero-order valence-corrected chi connectivity index (χ0v) is 10.4. The highest BCUT2D eigenvalue weighted by Gasteiger charge is 1.96. The van der Waals surface area contributed by atoms with Crippen molar-refractivity contribution in [2.45, 2.75) is 4.43 Å². The molecule has 0 atom stereocenters. The zero-order valence-electron chi connectivity index (χ0n) is 5.07. The lowest BCUT2D eigenvalue weighted by atomic mass is 10.2. The van der Waals surface area contributed by atoms with E-state index in [0.717, 1.165) is 8.90 Å². The first-order valence-electron chi connectivity index (χ1n) is 2.74. The highest BCUT2D eigenvalue weighted by Crippen LogP contribution is 2.23. The summed E-state index contributed by atoms with van der Waals surface area (Å²) in [5.41, 5.74) is 1.33. The molecule has 1 rings (SSSR count). The highest BCUT2D eigenvalue weighted by atomic mass is 127. The van der Waals surface area contributed by atoms with Gasteiger partial charge in [0, 0.05) is 13.4 Å². The van der Waals surface area contributed by atoms with Gasteiger partial charge in [0.2, 0.25) is 0 Å². The summed E-state index contributed by atoms with van der Waals surface area (Å²) in [6.45, 7) is 0. The average Bonchev–Trinajstić information content (AvgIpc) is 1.94. The molecule has 54 valence electrons. The Hall–Kier alpha value is 0.910. The summed E-state index contributed by atoms with van der Waals surface area (Å²) in [4.78, 5) is 0. The van der Waals surface area contributed by atoms with Gasteiger partial charge in [-0.3, -0.25) is 0 Å². The molecule has 0 aliphatic carbocycles. The molecule has 0 N–H and O–H groups in total. The van der Waals surface area contributed by atoms with E-state index in [4.69, 9.17) is 0 Å². The monoisotopic (exact) mass is 374 g/mol. The van der Waals surface area contributed by atoms with Gasteiger partial charge in [-0.15, -0.1) is 0 Å². The molecule has 1 aromatic rings. The maximum absolute atomic E-state index is 3.46. The van der Waals surface area contributed by atoms with Gasteiger partial charge in [0.05, 0.1) is 0 Å². The Morgan fingerprint density at radius 1 is 1.30 bits per heavy atom. The van der Waals surface area contributed by atoms with E-state index < -0.39 is 0 Å². The van der Waals surface area contributed by atoms with Crippen LogP contribution in [-0.2, 0) is 4.43 Å². The van der Waals surface area contributed by atoms with Crippen molar-refractivity contribution in [3.05, 3.63) is 32.7 Å². The smallest absolute Gasteiger partial charge is 0.0258 e. The van der Waals surface area contributed by atoms with Crippen LogP contribution in [0.2, 0.25) is 0 Å². The Balaban J connectivity index is 3.09. The predicted octanol–water partition coefficient (Wildman–Crippen LogP) is 4.15. The number of hydrogen-bond acceptors (Lipinski definition) is 0. The van der Waals surface area contributed by atoms with Gasteiger partial charge < -0.3 is 0 Å². The molecule has 0 nitrogen and oxygen atoms in total. The Bertz CT molecular complexity index is 235. The van der Waals surface area contributed by atoms with Crippen LogP contribution in [0.25, 0.3) is 0 Å². The second-order valence-corrected chi connectivity index (χ2v) is 4.40. The second kappa shape index (κ2) is 4.07. The predicted molar refractivity (Wildman–Crippen MR) is 59.6 cm³/mol. The van der Waals surface area contributed by atoms with E-state index in [-0.39, 0.29) is 0 Å². The Morgan fingerprint density at radius 3 is 2.50 bits per heavy atom. The first-order chi connectivity index (χ1) is 4.74. The molecule has 0 heterocycles. The van der Waals surface area contributed by atoms with E-state index in [2.05, 4.69) is 66.6 Å². The largest absolute Gasteiger partial charge is 0.0811 e. The third kappa shape index (κ3) is 2.20. The van der Waals surface area contributed by atoms with E-state index >= 15 is 0 Å². The minimum atomic E-state index is 1.04. The summed E-state index contributed by atoms with van der Waals surface area (Å²) in [5, 5.41) is 0. The Morgan fingerprint density at radius 2 is 2.00 bits per heavy atom. The lowest BCUT2D eigenvalue weighted by Crippen LogP contribution is -1.78. The fourth-order valence-electron chi connectivity index (χ4n) is 0.646. The molecular formula is C7H5Br2I. The average molecular weight is 376 g/mol. The fraction of sp³-hybridized carbons (Fsp3) is 0.143. The summed E-state index contributed by atoms with van der Waals surface area (Å²) in [7, 11) is 0. The van der Waals surface area contributed by atoms with Crippen LogP contribution < -0.4 is 0 Å². The van der Waals surface area contributed by atoms with Crippen molar-refractivity contribution in [2.24, 2.45) is 0 Å². The number of rotatable bonds is 1. The Kier molecular flexibility index (Phi) is 3.66. The Labute approximate surface area is 90.8 Å². The normalized spacial score (nSPS) is 9.90. The summed E-state index contributed by atoms with van der Waals surface area (Å²) >= 11 is 9.22. The molecule has 0 aliphatic rings. The van der Waals surface area contributed by atoms with Crippen LogP contribution in [-0.4, -0.2) is 0 Å². The third-order valence-corrected chi connectivity index (χ3v) is 3.24. The van der Waals surface area contributed by atoms with Crippen LogP contribution in [0.3, 0.4) is 0 Å². The molecule has 0 bridgehead atoms. The molecule has 0 unspecified atom stereocenters.